The van der Waals surface area contributed by atoms with Crippen molar-refractivity contribution in [3.8, 4) is 5.75 Å². The molecule has 0 amide bonds. The molecule has 3 rings (SSSR count). The Balaban J connectivity index is 0.000000307. The zero-order valence-electron chi connectivity index (χ0n) is 18.4. The predicted octanol–water partition coefficient (Wildman–Crippen LogP) is 3.80. The molecule has 7 N–H and O–H groups in total. The van der Waals surface area contributed by atoms with Crippen molar-refractivity contribution in [3.63, 3.8) is 0 Å². The Morgan fingerprint density at radius 2 is 1.69 bits per heavy atom. The summed E-state index contributed by atoms with van der Waals surface area (Å²) in [6.45, 7) is 5.87. The largest absolute Gasteiger partial charge is 0.508 e. The van der Waals surface area contributed by atoms with Crippen LogP contribution in [0.2, 0.25) is 0 Å². The predicted molar refractivity (Wildman–Crippen MR) is 120 cm³/mol. The summed E-state index contributed by atoms with van der Waals surface area (Å²) in [6, 6.07) is 11.7. The molecule has 1 fully saturated rings. The van der Waals surface area contributed by atoms with Crippen LogP contribution in [0.5, 0.6) is 5.75 Å². The van der Waals surface area contributed by atoms with Crippen LogP contribution in [0.15, 0.2) is 60.9 Å². The van der Waals surface area contributed by atoms with Gasteiger partial charge in [0.05, 0.1) is 17.7 Å². The second-order valence-corrected chi connectivity index (χ2v) is 7.04. The number of alkyl halides is 3. The normalized spacial score (nSPS) is 15.2. The van der Waals surface area contributed by atoms with Crippen LogP contribution < -0.4 is 16.9 Å². The highest BCUT2D eigenvalue weighted by Gasteiger charge is 2.33. The standard InChI is InChI=1S/C12H14F3NO.C9H13N3O.C2H6/c13-12(14,15)10-3-1-9(2-4-10)11(17)5-7-16-8-6-11;10-4-5-12(11)7-8-2-1-3-9(13)6-8;1-2/h1-4,16-17H,5-8H2;1-6,13H,7,10-11H2;1-2H3/b;5-4-;. The zero-order chi connectivity index (χ0) is 24.2. The molecule has 178 valence electrons. The molecular formula is C23H33F3N4O2. The fourth-order valence-electron chi connectivity index (χ4n) is 3.13. The van der Waals surface area contributed by atoms with E-state index in [1.807, 2.05) is 19.9 Å². The third-order valence-electron chi connectivity index (χ3n) is 4.73. The van der Waals surface area contributed by atoms with Gasteiger partial charge in [-0.15, -0.1) is 0 Å². The van der Waals surface area contributed by atoms with Crippen molar-refractivity contribution in [1.29, 1.82) is 0 Å². The van der Waals surface area contributed by atoms with E-state index >= 15 is 0 Å². The summed E-state index contributed by atoms with van der Waals surface area (Å²) in [6.07, 6.45) is -0.348. The number of nitrogens with two attached hydrogens (primary N) is 2. The first kappa shape index (κ1) is 27.3. The van der Waals surface area contributed by atoms with Gasteiger partial charge >= 0.3 is 6.18 Å². The van der Waals surface area contributed by atoms with E-state index in [2.05, 4.69) is 5.32 Å². The topological polar surface area (TPSA) is 108 Å². The average molecular weight is 455 g/mol. The Bertz CT molecular complexity index is 821. The number of hydrogen-bond acceptors (Lipinski definition) is 6. The molecule has 0 bridgehead atoms. The van der Waals surface area contributed by atoms with Gasteiger partial charge in [-0.2, -0.15) is 13.2 Å². The van der Waals surface area contributed by atoms with Crippen molar-refractivity contribution in [3.05, 3.63) is 77.6 Å². The Morgan fingerprint density at radius 3 is 2.19 bits per heavy atom. The molecule has 2 aromatic carbocycles. The summed E-state index contributed by atoms with van der Waals surface area (Å²) >= 11 is 0. The minimum Gasteiger partial charge on any atom is -0.508 e. The molecule has 6 nitrogen and oxygen atoms in total. The highest BCUT2D eigenvalue weighted by atomic mass is 19.4. The third kappa shape index (κ3) is 8.78. The smallest absolute Gasteiger partial charge is 0.416 e. The molecule has 32 heavy (non-hydrogen) atoms. The van der Waals surface area contributed by atoms with Crippen molar-refractivity contribution >= 4 is 0 Å². The van der Waals surface area contributed by atoms with Crippen LogP contribution in [0.4, 0.5) is 13.2 Å². The van der Waals surface area contributed by atoms with Crippen molar-refractivity contribution in [2.24, 2.45) is 11.6 Å². The maximum Gasteiger partial charge on any atom is 0.416 e. The Morgan fingerprint density at radius 1 is 1.09 bits per heavy atom. The van der Waals surface area contributed by atoms with Crippen LogP contribution in [-0.4, -0.2) is 28.3 Å². The van der Waals surface area contributed by atoms with Crippen LogP contribution >= 0.6 is 0 Å². The van der Waals surface area contributed by atoms with Gasteiger partial charge in [-0.3, -0.25) is 0 Å². The number of phenols is 1. The summed E-state index contributed by atoms with van der Waals surface area (Å²) in [7, 11) is 0. The lowest BCUT2D eigenvalue weighted by Gasteiger charge is -2.33. The fourth-order valence-corrected chi connectivity index (χ4v) is 3.13. The van der Waals surface area contributed by atoms with Crippen LogP contribution in [0.3, 0.4) is 0 Å². The number of nitrogens with one attached hydrogen (secondary N) is 1. The number of hydrogen-bond donors (Lipinski definition) is 5. The average Bonchev–Trinajstić information content (AvgIpc) is 2.76. The van der Waals surface area contributed by atoms with Gasteiger partial charge in [-0.05, 0) is 61.3 Å². The van der Waals surface area contributed by atoms with Crippen molar-refractivity contribution in [2.75, 3.05) is 13.1 Å². The van der Waals surface area contributed by atoms with E-state index < -0.39 is 17.3 Å². The second-order valence-electron chi connectivity index (χ2n) is 7.04. The third-order valence-corrected chi connectivity index (χ3v) is 4.73. The van der Waals surface area contributed by atoms with E-state index in [1.165, 1.54) is 23.3 Å². The number of halogens is 3. The second kappa shape index (κ2) is 12.9. The molecular weight excluding hydrogens is 421 g/mol. The number of aliphatic hydroxyl groups is 1. The van der Waals surface area contributed by atoms with Crippen LogP contribution in [0.1, 0.15) is 43.4 Å². The van der Waals surface area contributed by atoms with Crippen molar-refractivity contribution in [2.45, 2.75) is 45.0 Å². The first-order chi connectivity index (χ1) is 15.1. The van der Waals surface area contributed by atoms with Crippen LogP contribution in [0, 0.1) is 0 Å². The zero-order valence-corrected chi connectivity index (χ0v) is 18.4. The number of rotatable bonds is 4. The van der Waals surface area contributed by atoms with E-state index in [0.29, 0.717) is 38.0 Å². The molecule has 1 saturated heterocycles. The molecule has 9 heteroatoms. The SMILES string of the molecule is CC.N/C=C\N(N)Cc1cccc(O)c1.OC1(c2ccc(C(F)(F)F)cc2)CCNCC1. The highest BCUT2D eigenvalue weighted by Crippen LogP contribution is 2.34. The highest BCUT2D eigenvalue weighted by molar-refractivity contribution is 5.29. The number of hydrazine groups is 1. The molecule has 1 aliphatic rings. The van der Waals surface area contributed by atoms with Gasteiger partial charge in [0.2, 0.25) is 0 Å². The summed E-state index contributed by atoms with van der Waals surface area (Å²) in [5.74, 6) is 5.79. The monoisotopic (exact) mass is 454 g/mol. The molecule has 0 aliphatic carbocycles. The molecule has 0 saturated carbocycles. The molecule has 0 atom stereocenters. The van der Waals surface area contributed by atoms with E-state index in [1.54, 1.807) is 24.4 Å². The first-order valence-corrected chi connectivity index (χ1v) is 10.4. The summed E-state index contributed by atoms with van der Waals surface area (Å²) < 4.78 is 37.2. The van der Waals surface area contributed by atoms with Gasteiger partial charge in [-0.25, -0.2) is 5.84 Å². The maximum absolute atomic E-state index is 12.4. The quantitative estimate of drug-likeness (QED) is 0.355. The lowest BCUT2D eigenvalue weighted by Crippen LogP contribution is -2.39. The molecule has 1 aliphatic heterocycles. The number of aromatic hydroxyl groups is 1. The van der Waals surface area contributed by atoms with E-state index in [4.69, 9.17) is 16.7 Å². The molecule has 0 aromatic heterocycles. The van der Waals surface area contributed by atoms with Gasteiger partial charge in [0.1, 0.15) is 5.75 Å². The Hall–Kier alpha value is -2.75. The summed E-state index contributed by atoms with van der Waals surface area (Å²) in [5, 5.41) is 24.0. The number of piperidine rings is 1. The minimum absolute atomic E-state index is 0.239. The van der Waals surface area contributed by atoms with Crippen LogP contribution in [-0.2, 0) is 18.3 Å². The molecule has 0 spiro atoms. The van der Waals surface area contributed by atoms with Gasteiger partial charge in [0.25, 0.3) is 0 Å². The van der Waals surface area contributed by atoms with E-state index in [-0.39, 0.29) is 5.75 Å². The summed E-state index contributed by atoms with van der Waals surface area (Å²) in [5.41, 5.74) is 4.98. The lowest BCUT2D eigenvalue weighted by molar-refractivity contribution is -0.137. The number of phenolic OH excluding ortho intramolecular Hbond substituents is 1. The van der Waals surface area contributed by atoms with Crippen molar-refractivity contribution < 1.29 is 23.4 Å². The molecule has 0 radical (unpaired) electrons. The van der Waals surface area contributed by atoms with Gasteiger partial charge in [-0.1, -0.05) is 38.1 Å². The fraction of sp³-hybridized carbons (Fsp3) is 0.391. The molecule has 2 aromatic rings. The van der Waals surface area contributed by atoms with Crippen LogP contribution in [0.25, 0.3) is 0 Å². The maximum atomic E-state index is 12.4. The lowest BCUT2D eigenvalue weighted by atomic mass is 9.85. The summed E-state index contributed by atoms with van der Waals surface area (Å²) in [4.78, 5) is 0. The van der Waals surface area contributed by atoms with Gasteiger partial charge in [0, 0.05) is 12.4 Å². The van der Waals surface area contributed by atoms with E-state index in [9.17, 15) is 18.3 Å². The Labute approximate surface area is 187 Å². The number of nitrogens with zero attached hydrogens (tertiary/aromatic N) is 1. The minimum atomic E-state index is -4.32. The van der Waals surface area contributed by atoms with E-state index in [0.717, 1.165) is 17.7 Å². The molecule has 1 heterocycles. The molecule has 0 unspecified atom stereocenters. The Kier molecular flexibility index (Phi) is 11.0. The van der Waals surface area contributed by atoms with Crippen molar-refractivity contribution in [1.82, 2.24) is 10.3 Å². The van der Waals surface area contributed by atoms with Gasteiger partial charge < -0.3 is 26.3 Å². The number of benzene rings is 2. The van der Waals surface area contributed by atoms with Gasteiger partial charge in [0.15, 0.2) is 0 Å². The first-order valence-electron chi connectivity index (χ1n) is 10.4.